The number of nitriles is 1. The molecule has 0 aliphatic carbocycles. The minimum absolute atomic E-state index is 0.129. The summed E-state index contributed by atoms with van der Waals surface area (Å²) in [6.07, 6.45) is 0.736. The number of anilines is 2. The molecule has 7 heteroatoms. The molecule has 0 amide bonds. The maximum Gasteiger partial charge on any atom is 0.350 e. The number of pyridine rings is 1. The summed E-state index contributed by atoms with van der Waals surface area (Å²) in [7, 11) is 0. The predicted octanol–water partition coefficient (Wildman–Crippen LogP) is 1.90. The Morgan fingerprint density at radius 3 is 2.95 bits per heavy atom. The molecule has 0 fully saturated rings. The highest BCUT2D eigenvalue weighted by Crippen LogP contribution is 2.34. The van der Waals surface area contributed by atoms with Crippen LogP contribution in [0.1, 0.15) is 28.6 Å². The van der Waals surface area contributed by atoms with Crippen molar-refractivity contribution in [2.24, 2.45) is 0 Å². The fourth-order valence-electron chi connectivity index (χ4n) is 1.56. The van der Waals surface area contributed by atoms with Gasteiger partial charge in [-0.25, -0.2) is 9.78 Å². The largest absolute Gasteiger partial charge is 0.461 e. The number of rotatable bonds is 3. The van der Waals surface area contributed by atoms with E-state index in [1.807, 2.05) is 13.0 Å². The molecule has 0 aliphatic rings. The molecule has 2 rings (SSSR count). The zero-order chi connectivity index (χ0) is 14.0. The quantitative estimate of drug-likeness (QED) is 0.827. The Hall–Kier alpha value is -2.33. The normalized spacial score (nSPS) is 10.3. The lowest BCUT2D eigenvalue weighted by Gasteiger charge is -2.01. The van der Waals surface area contributed by atoms with Crippen molar-refractivity contribution in [2.45, 2.75) is 13.3 Å². The van der Waals surface area contributed by atoms with E-state index in [1.54, 1.807) is 6.07 Å². The van der Waals surface area contributed by atoms with Crippen LogP contribution < -0.4 is 11.5 Å². The Labute approximate surface area is 113 Å². The topological polar surface area (TPSA) is 115 Å². The van der Waals surface area contributed by atoms with Crippen LogP contribution in [0, 0.1) is 11.3 Å². The standard InChI is InChI=1S/C12H12N4O2S/c1-2-3-18-12(17)9-8(14)7-4-6(5-13)10(15)16-11(7)19-9/h4H,2-3,14H2,1H3,(H2,15,16). The average Bonchev–Trinajstić information content (AvgIpc) is 2.71. The molecule has 2 aromatic heterocycles. The molecule has 6 nitrogen and oxygen atoms in total. The maximum atomic E-state index is 11.8. The number of fused-ring (bicyclic) bond motifs is 1. The van der Waals surface area contributed by atoms with E-state index < -0.39 is 5.97 Å². The number of nitrogens with zero attached hydrogens (tertiary/aromatic N) is 2. The molecule has 19 heavy (non-hydrogen) atoms. The van der Waals surface area contributed by atoms with Gasteiger partial charge in [-0.15, -0.1) is 11.3 Å². The third kappa shape index (κ3) is 2.30. The zero-order valence-corrected chi connectivity index (χ0v) is 11.1. The predicted molar refractivity (Wildman–Crippen MR) is 73.7 cm³/mol. The monoisotopic (exact) mass is 276 g/mol. The molecule has 2 heterocycles. The van der Waals surface area contributed by atoms with E-state index in [-0.39, 0.29) is 17.1 Å². The first-order chi connectivity index (χ1) is 9.08. The molecule has 0 unspecified atom stereocenters. The van der Waals surface area contributed by atoms with Crippen LogP contribution in [0.25, 0.3) is 10.2 Å². The van der Waals surface area contributed by atoms with Gasteiger partial charge in [0, 0.05) is 5.39 Å². The molecule has 0 bridgehead atoms. The van der Waals surface area contributed by atoms with E-state index in [4.69, 9.17) is 21.5 Å². The highest BCUT2D eigenvalue weighted by Gasteiger charge is 2.19. The second kappa shape index (κ2) is 5.12. The van der Waals surface area contributed by atoms with Gasteiger partial charge in [0.25, 0.3) is 0 Å². The molecule has 0 aliphatic heterocycles. The van der Waals surface area contributed by atoms with E-state index in [0.29, 0.717) is 21.7 Å². The fourth-order valence-corrected chi connectivity index (χ4v) is 2.53. The highest BCUT2D eigenvalue weighted by atomic mass is 32.1. The summed E-state index contributed by atoms with van der Waals surface area (Å²) in [4.78, 5) is 16.7. The lowest BCUT2D eigenvalue weighted by molar-refractivity contribution is 0.0512. The van der Waals surface area contributed by atoms with Gasteiger partial charge in [-0.3, -0.25) is 0 Å². The molecule has 0 spiro atoms. The second-order valence-electron chi connectivity index (χ2n) is 3.87. The van der Waals surface area contributed by atoms with Crippen LogP contribution in [0.2, 0.25) is 0 Å². The van der Waals surface area contributed by atoms with E-state index in [9.17, 15) is 4.79 Å². The average molecular weight is 276 g/mol. The SMILES string of the molecule is CCCOC(=O)c1sc2nc(N)c(C#N)cc2c1N. The Morgan fingerprint density at radius 2 is 2.32 bits per heavy atom. The summed E-state index contributed by atoms with van der Waals surface area (Å²) in [6.45, 7) is 2.24. The van der Waals surface area contributed by atoms with Crippen LogP contribution in [0.4, 0.5) is 11.5 Å². The lowest BCUT2D eigenvalue weighted by Crippen LogP contribution is -2.06. The number of ether oxygens (including phenoxy) is 1. The van der Waals surface area contributed by atoms with Crippen LogP contribution in [0.5, 0.6) is 0 Å². The molecule has 0 saturated carbocycles. The van der Waals surface area contributed by atoms with Gasteiger partial charge < -0.3 is 16.2 Å². The second-order valence-corrected chi connectivity index (χ2v) is 4.87. The van der Waals surface area contributed by atoms with E-state index >= 15 is 0 Å². The summed E-state index contributed by atoms with van der Waals surface area (Å²) >= 11 is 1.12. The maximum absolute atomic E-state index is 11.8. The summed E-state index contributed by atoms with van der Waals surface area (Å²) in [5, 5.41) is 9.46. The fraction of sp³-hybridized carbons (Fsp3) is 0.250. The van der Waals surface area contributed by atoms with Crippen LogP contribution >= 0.6 is 11.3 Å². The first-order valence-corrected chi connectivity index (χ1v) is 6.45. The minimum Gasteiger partial charge on any atom is -0.461 e. The number of thiophene rings is 1. The van der Waals surface area contributed by atoms with E-state index in [0.717, 1.165) is 17.8 Å². The summed E-state index contributed by atoms with van der Waals surface area (Å²) in [6, 6.07) is 3.47. The summed E-state index contributed by atoms with van der Waals surface area (Å²) in [5.74, 6) is -0.343. The number of nitrogen functional groups attached to an aromatic ring is 2. The van der Waals surface area contributed by atoms with Crippen molar-refractivity contribution in [3.05, 3.63) is 16.5 Å². The molecule has 0 saturated heterocycles. The summed E-state index contributed by atoms with van der Waals surface area (Å²) in [5.41, 5.74) is 12.1. The molecule has 2 aromatic rings. The zero-order valence-electron chi connectivity index (χ0n) is 10.3. The van der Waals surface area contributed by atoms with Crippen LogP contribution in [0.3, 0.4) is 0 Å². The van der Waals surface area contributed by atoms with Gasteiger partial charge in [-0.1, -0.05) is 6.92 Å². The smallest absolute Gasteiger partial charge is 0.350 e. The first-order valence-electron chi connectivity index (χ1n) is 5.64. The molecule has 0 atom stereocenters. The Bertz CT molecular complexity index is 687. The molecular weight excluding hydrogens is 264 g/mol. The number of hydrogen-bond acceptors (Lipinski definition) is 7. The van der Waals surface area contributed by atoms with E-state index in [2.05, 4.69) is 4.98 Å². The van der Waals surface area contributed by atoms with Crippen molar-refractivity contribution in [3.63, 3.8) is 0 Å². The Morgan fingerprint density at radius 1 is 1.58 bits per heavy atom. The van der Waals surface area contributed by atoms with Crippen molar-refractivity contribution in [3.8, 4) is 6.07 Å². The third-order valence-electron chi connectivity index (χ3n) is 2.49. The molecule has 4 N–H and O–H groups in total. The van der Waals surface area contributed by atoms with Crippen LogP contribution in [0.15, 0.2) is 6.07 Å². The lowest BCUT2D eigenvalue weighted by atomic mass is 10.2. The van der Waals surface area contributed by atoms with Gasteiger partial charge in [0.2, 0.25) is 0 Å². The van der Waals surface area contributed by atoms with Crippen molar-refractivity contribution in [1.82, 2.24) is 4.98 Å². The minimum atomic E-state index is -0.473. The van der Waals surface area contributed by atoms with Crippen LogP contribution in [-0.2, 0) is 4.74 Å². The van der Waals surface area contributed by atoms with Gasteiger partial charge in [0.1, 0.15) is 21.6 Å². The molecular formula is C12H12N4O2S. The number of carbonyl (C=O) groups is 1. The van der Waals surface area contributed by atoms with Crippen LogP contribution in [-0.4, -0.2) is 17.6 Å². The van der Waals surface area contributed by atoms with Crippen molar-refractivity contribution in [1.29, 1.82) is 5.26 Å². The Kier molecular flexibility index (Phi) is 3.53. The summed E-state index contributed by atoms with van der Waals surface area (Å²) < 4.78 is 5.04. The number of esters is 1. The Balaban J connectivity index is 2.51. The molecule has 98 valence electrons. The van der Waals surface area contributed by atoms with Gasteiger partial charge in [0.05, 0.1) is 17.9 Å². The highest BCUT2D eigenvalue weighted by molar-refractivity contribution is 7.21. The van der Waals surface area contributed by atoms with Crippen molar-refractivity contribution >= 4 is 39.0 Å². The van der Waals surface area contributed by atoms with E-state index in [1.165, 1.54) is 0 Å². The number of aromatic nitrogens is 1. The van der Waals surface area contributed by atoms with Gasteiger partial charge in [0.15, 0.2) is 0 Å². The van der Waals surface area contributed by atoms with Crippen molar-refractivity contribution in [2.75, 3.05) is 18.1 Å². The van der Waals surface area contributed by atoms with Gasteiger partial charge >= 0.3 is 5.97 Å². The molecule has 0 radical (unpaired) electrons. The third-order valence-corrected chi connectivity index (χ3v) is 3.59. The molecule has 0 aromatic carbocycles. The number of hydrogen-bond donors (Lipinski definition) is 2. The first kappa shape index (κ1) is 13.1. The van der Waals surface area contributed by atoms with Crippen molar-refractivity contribution < 1.29 is 9.53 Å². The number of nitrogens with two attached hydrogens (primary N) is 2. The van der Waals surface area contributed by atoms with Gasteiger partial charge in [-0.05, 0) is 12.5 Å². The number of carbonyl (C=O) groups excluding carboxylic acids is 1. The van der Waals surface area contributed by atoms with Gasteiger partial charge in [-0.2, -0.15) is 5.26 Å².